The number of aromatic nitrogens is 2. The van der Waals surface area contributed by atoms with E-state index in [9.17, 15) is 9.59 Å². The second kappa shape index (κ2) is 6.96. The predicted molar refractivity (Wildman–Crippen MR) is 97.1 cm³/mol. The predicted octanol–water partition coefficient (Wildman–Crippen LogP) is 1.12. The first-order chi connectivity index (χ1) is 11.6. The lowest BCUT2D eigenvalue weighted by atomic mass is 10.3. The zero-order chi connectivity index (χ0) is 17.1. The van der Waals surface area contributed by atoms with Crippen molar-refractivity contribution in [2.45, 2.75) is 6.92 Å². The van der Waals surface area contributed by atoms with E-state index in [1.54, 1.807) is 16.4 Å². The molecule has 0 saturated heterocycles. The number of amidine groups is 1. The Morgan fingerprint density at radius 1 is 1.38 bits per heavy atom. The average molecular weight is 345 g/mol. The van der Waals surface area contributed by atoms with Crippen LogP contribution in [-0.4, -0.2) is 39.3 Å². The molecule has 7 nitrogen and oxygen atoms in total. The van der Waals surface area contributed by atoms with Gasteiger partial charge in [-0.3, -0.25) is 19.3 Å². The quantitative estimate of drug-likeness (QED) is 0.870. The van der Waals surface area contributed by atoms with Crippen LogP contribution in [0.15, 0.2) is 40.1 Å². The highest BCUT2D eigenvalue weighted by molar-refractivity contribution is 8.14. The van der Waals surface area contributed by atoms with Crippen LogP contribution in [0.2, 0.25) is 0 Å². The molecule has 1 aliphatic heterocycles. The van der Waals surface area contributed by atoms with Crippen LogP contribution >= 0.6 is 11.8 Å². The number of hydrogen-bond acceptors (Lipinski definition) is 5. The average Bonchev–Trinajstić information content (AvgIpc) is 3.17. The third-order valence-corrected chi connectivity index (χ3v) is 4.76. The van der Waals surface area contributed by atoms with E-state index in [0.29, 0.717) is 11.4 Å². The van der Waals surface area contributed by atoms with E-state index in [2.05, 4.69) is 15.6 Å². The zero-order valence-electron chi connectivity index (χ0n) is 13.6. The minimum Gasteiger partial charge on any atom is -0.363 e. The number of nitrogens with one attached hydrogen (secondary N) is 2. The third kappa shape index (κ3) is 3.23. The summed E-state index contributed by atoms with van der Waals surface area (Å²) in [6.07, 6.45) is 0. The summed E-state index contributed by atoms with van der Waals surface area (Å²) in [7, 11) is 1.80. The van der Waals surface area contributed by atoms with Crippen molar-refractivity contribution in [3.05, 3.63) is 46.4 Å². The van der Waals surface area contributed by atoms with Crippen LogP contribution < -0.4 is 16.2 Å². The SMILES string of the molecule is Cc1c(NC(=O)CSC2=NCCN2)c(=O)n(-c2ccccc2)n1C. The Labute approximate surface area is 143 Å². The molecule has 8 heteroatoms. The van der Waals surface area contributed by atoms with Crippen molar-refractivity contribution in [3.63, 3.8) is 0 Å². The van der Waals surface area contributed by atoms with Crippen LogP contribution in [0.3, 0.4) is 0 Å². The van der Waals surface area contributed by atoms with Crippen LogP contribution in [0, 0.1) is 6.92 Å². The molecule has 2 N–H and O–H groups in total. The van der Waals surface area contributed by atoms with Gasteiger partial charge in [0.05, 0.1) is 23.7 Å². The second-order valence-electron chi connectivity index (χ2n) is 5.39. The van der Waals surface area contributed by atoms with E-state index in [-0.39, 0.29) is 17.2 Å². The summed E-state index contributed by atoms with van der Waals surface area (Å²) >= 11 is 1.34. The Bertz CT molecular complexity index is 838. The Balaban J connectivity index is 1.79. The van der Waals surface area contributed by atoms with Crippen molar-refractivity contribution in [2.75, 3.05) is 24.2 Å². The Morgan fingerprint density at radius 2 is 2.12 bits per heavy atom. The first-order valence-corrected chi connectivity index (χ1v) is 8.61. The van der Waals surface area contributed by atoms with Gasteiger partial charge in [0.25, 0.3) is 5.56 Å². The van der Waals surface area contributed by atoms with Gasteiger partial charge in [0, 0.05) is 13.6 Å². The van der Waals surface area contributed by atoms with Crippen molar-refractivity contribution >= 4 is 28.5 Å². The number of amides is 1. The number of nitrogens with zero attached hydrogens (tertiary/aromatic N) is 3. The fourth-order valence-corrected chi connectivity index (χ4v) is 3.22. The molecule has 0 spiro atoms. The largest absolute Gasteiger partial charge is 0.363 e. The van der Waals surface area contributed by atoms with E-state index < -0.39 is 0 Å². The summed E-state index contributed by atoms with van der Waals surface area (Å²) in [5.74, 6) is -0.00675. The Kier molecular flexibility index (Phi) is 4.75. The number of para-hydroxylation sites is 1. The van der Waals surface area contributed by atoms with Gasteiger partial charge in [0.15, 0.2) is 5.17 Å². The van der Waals surface area contributed by atoms with E-state index in [4.69, 9.17) is 0 Å². The standard InChI is InChI=1S/C16H19N5O2S/c1-11-14(19-13(22)10-24-16-17-8-9-18-16)15(23)21(20(11)2)12-6-4-3-5-7-12/h3-7H,8-10H2,1-2H3,(H,17,18)(H,19,22). The number of rotatable bonds is 4. The summed E-state index contributed by atoms with van der Waals surface area (Å²) in [6, 6.07) is 9.34. The van der Waals surface area contributed by atoms with Crippen LogP contribution in [0.1, 0.15) is 5.69 Å². The highest BCUT2D eigenvalue weighted by atomic mass is 32.2. The topological polar surface area (TPSA) is 80.4 Å². The minimum absolute atomic E-state index is 0.213. The molecular formula is C16H19N5O2S. The van der Waals surface area contributed by atoms with Gasteiger partial charge >= 0.3 is 0 Å². The van der Waals surface area contributed by atoms with Crippen molar-refractivity contribution in [2.24, 2.45) is 12.0 Å². The fourth-order valence-electron chi connectivity index (χ4n) is 2.49. The van der Waals surface area contributed by atoms with Crippen molar-refractivity contribution in [1.29, 1.82) is 0 Å². The van der Waals surface area contributed by atoms with Crippen molar-refractivity contribution in [3.8, 4) is 5.69 Å². The summed E-state index contributed by atoms with van der Waals surface area (Å²) in [4.78, 5) is 29.1. The monoisotopic (exact) mass is 345 g/mol. The molecule has 2 aromatic rings. The lowest BCUT2D eigenvalue weighted by Crippen LogP contribution is -2.24. The molecule has 0 saturated carbocycles. The van der Waals surface area contributed by atoms with Crippen LogP contribution in [0.25, 0.3) is 5.69 Å². The molecule has 3 rings (SSSR count). The molecule has 24 heavy (non-hydrogen) atoms. The molecular weight excluding hydrogens is 326 g/mol. The molecule has 0 aliphatic carbocycles. The van der Waals surface area contributed by atoms with E-state index in [1.165, 1.54) is 11.8 Å². The first-order valence-electron chi connectivity index (χ1n) is 7.63. The maximum atomic E-state index is 12.7. The molecule has 1 aliphatic rings. The maximum absolute atomic E-state index is 12.7. The van der Waals surface area contributed by atoms with Gasteiger partial charge in [0.2, 0.25) is 5.91 Å². The van der Waals surface area contributed by atoms with Crippen LogP contribution in [0.5, 0.6) is 0 Å². The van der Waals surface area contributed by atoms with Crippen molar-refractivity contribution in [1.82, 2.24) is 14.7 Å². The van der Waals surface area contributed by atoms with Crippen LogP contribution in [0.4, 0.5) is 5.69 Å². The number of anilines is 1. The number of thioether (sulfide) groups is 1. The Morgan fingerprint density at radius 3 is 2.79 bits per heavy atom. The number of carbonyl (C=O) groups excluding carboxylic acids is 1. The minimum atomic E-state index is -0.240. The maximum Gasteiger partial charge on any atom is 0.295 e. The molecule has 1 aromatic carbocycles. The van der Waals surface area contributed by atoms with Gasteiger partial charge in [-0.25, -0.2) is 4.68 Å². The van der Waals surface area contributed by atoms with E-state index >= 15 is 0 Å². The second-order valence-corrected chi connectivity index (χ2v) is 6.35. The van der Waals surface area contributed by atoms with Crippen LogP contribution in [-0.2, 0) is 11.8 Å². The normalized spacial score (nSPS) is 13.5. The van der Waals surface area contributed by atoms with Gasteiger partial charge in [-0.1, -0.05) is 30.0 Å². The van der Waals surface area contributed by atoms with Gasteiger partial charge in [0.1, 0.15) is 5.69 Å². The van der Waals surface area contributed by atoms with Gasteiger partial charge < -0.3 is 10.6 Å². The third-order valence-electron chi connectivity index (χ3n) is 3.80. The smallest absolute Gasteiger partial charge is 0.295 e. The van der Waals surface area contributed by atoms with Crippen molar-refractivity contribution < 1.29 is 4.79 Å². The van der Waals surface area contributed by atoms with Gasteiger partial charge in [-0.2, -0.15) is 0 Å². The van der Waals surface area contributed by atoms with Gasteiger partial charge in [-0.15, -0.1) is 0 Å². The van der Waals surface area contributed by atoms with Gasteiger partial charge in [-0.05, 0) is 19.1 Å². The highest BCUT2D eigenvalue weighted by Crippen LogP contribution is 2.14. The molecule has 0 unspecified atom stereocenters. The molecule has 1 aromatic heterocycles. The summed E-state index contributed by atoms with van der Waals surface area (Å²) in [5.41, 5.74) is 1.54. The van der Waals surface area contributed by atoms with E-state index in [0.717, 1.165) is 23.9 Å². The summed E-state index contributed by atoms with van der Waals surface area (Å²) in [5, 5.41) is 6.61. The molecule has 0 radical (unpaired) electrons. The fraction of sp³-hybridized carbons (Fsp3) is 0.312. The summed E-state index contributed by atoms with van der Waals surface area (Å²) in [6.45, 7) is 3.36. The molecule has 0 atom stereocenters. The molecule has 2 heterocycles. The molecule has 1 amide bonds. The highest BCUT2D eigenvalue weighted by Gasteiger charge is 2.18. The zero-order valence-corrected chi connectivity index (χ0v) is 14.4. The Hall–Kier alpha value is -2.48. The number of benzene rings is 1. The molecule has 0 fully saturated rings. The first kappa shape index (κ1) is 16.4. The summed E-state index contributed by atoms with van der Waals surface area (Å²) < 4.78 is 3.28. The molecule has 0 bridgehead atoms. The van der Waals surface area contributed by atoms with E-state index in [1.807, 2.05) is 37.3 Å². The number of carbonyl (C=O) groups is 1. The number of hydrogen-bond donors (Lipinski definition) is 2. The number of aliphatic imine (C=N–C) groups is 1. The lowest BCUT2D eigenvalue weighted by molar-refractivity contribution is -0.113. The molecule has 126 valence electrons. The lowest BCUT2D eigenvalue weighted by Gasteiger charge is -2.07.